The van der Waals surface area contributed by atoms with Gasteiger partial charge in [0.25, 0.3) is 0 Å². The second-order valence-corrected chi connectivity index (χ2v) is 4.36. The van der Waals surface area contributed by atoms with Gasteiger partial charge in [0.05, 0.1) is 18.4 Å². The number of unbranched alkanes of at least 4 members (excludes halogenated alkanes) is 1. The van der Waals surface area contributed by atoms with E-state index < -0.39 is 17.8 Å². The Labute approximate surface area is 96.0 Å². The van der Waals surface area contributed by atoms with Gasteiger partial charge in [-0.1, -0.05) is 26.2 Å². The first kappa shape index (κ1) is 13.0. The van der Waals surface area contributed by atoms with Crippen LogP contribution < -0.4 is 0 Å². The average Bonchev–Trinajstić information content (AvgIpc) is 2.29. The minimum atomic E-state index is -0.864. The molecule has 2 atom stereocenters. The third-order valence-electron chi connectivity index (χ3n) is 3.13. The van der Waals surface area contributed by atoms with E-state index in [4.69, 9.17) is 9.84 Å². The van der Waals surface area contributed by atoms with E-state index in [0.29, 0.717) is 19.4 Å². The number of ether oxygens (including phenoxy) is 1. The highest BCUT2D eigenvalue weighted by Crippen LogP contribution is 2.31. The van der Waals surface area contributed by atoms with E-state index in [0.717, 1.165) is 25.7 Å². The van der Waals surface area contributed by atoms with Gasteiger partial charge in [-0.05, 0) is 19.3 Å². The van der Waals surface area contributed by atoms with Gasteiger partial charge in [-0.25, -0.2) is 0 Å². The molecule has 1 fully saturated rings. The van der Waals surface area contributed by atoms with Gasteiger partial charge in [0.15, 0.2) is 0 Å². The maximum absolute atomic E-state index is 11.7. The number of hydrogen-bond acceptors (Lipinski definition) is 3. The molecule has 0 spiro atoms. The smallest absolute Gasteiger partial charge is 0.309 e. The number of carboxylic acid groups (broad SMARTS) is 1. The Morgan fingerprint density at radius 3 is 2.44 bits per heavy atom. The molecule has 16 heavy (non-hydrogen) atoms. The highest BCUT2D eigenvalue weighted by atomic mass is 16.5. The molecule has 0 aromatic rings. The predicted molar refractivity (Wildman–Crippen MR) is 59.0 cm³/mol. The van der Waals surface area contributed by atoms with E-state index in [2.05, 4.69) is 0 Å². The molecule has 92 valence electrons. The van der Waals surface area contributed by atoms with E-state index in [1.807, 2.05) is 6.92 Å². The fourth-order valence-electron chi connectivity index (χ4n) is 2.13. The molecule has 4 nitrogen and oxygen atoms in total. The van der Waals surface area contributed by atoms with Crippen molar-refractivity contribution in [3.05, 3.63) is 0 Å². The first-order valence-corrected chi connectivity index (χ1v) is 6.06. The van der Waals surface area contributed by atoms with E-state index in [1.54, 1.807) is 0 Å². The van der Waals surface area contributed by atoms with Crippen molar-refractivity contribution in [2.24, 2.45) is 11.8 Å². The lowest BCUT2D eigenvalue weighted by atomic mass is 9.79. The normalized spacial score (nSPS) is 25.1. The van der Waals surface area contributed by atoms with E-state index in [9.17, 15) is 9.59 Å². The lowest BCUT2D eigenvalue weighted by Gasteiger charge is -2.26. The molecule has 0 saturated heterocycles. The molecule has 1 aliphatic rings. The maximum atomic E-state index is 11.7. The van der Waals surface area contributed by atoms with Crippen LogP contribution in [0.25, 0.3) is 0 Å². The van der Waals surface area contributed by atoms with Crippen molar-refractivity contribution >= 4 is 11.9 Å². The number of aliphatic carboxylic acids is 1. The molecule has 2 unspecified atom stereocenters. The molecular weight excluding hydrogens is 208 g/mol. The second kappa shape index (κ2) is 6.51. The quantitative estimate of drug-likeness (QED) is 0.579. The third-order valence-corrected chi connectivity index (χ3v) is 3.13. The van der Waals surface area contributed by atoms with Crippen molar-refractivity contribution in [3.63, 3.8) is 0 Å². The van der Waals surface area contributed by atoms with Crippen LogP contribution in [-0.4, -0.2) is 23.7 Å². The number of carbonyl (C=O) groups is 2. The van der Waals surface area contributed by atoms with Crippen molar-refractivity contribution in [1.82, 2.24) is 0 Å². The summed E-state index contributed by atoms with van der Waals surface area (Å²) in [7, 11) is 0. The van der Waals surface area contributed by atoms with Crippen LogP contribution in [0.1, 0.15) is 45.4 Å². The number of rotatable bonds is 5. The summed E-state index contributed by atoms with van der Waals surface area (Å²) in [5.74, 6) is -2.15. The highest BCUT2D eigenvalue weighted by Gasteiger charge is 2.36. The predicted octanol–water partition coefficient (Wildman–Crippen LogP) is 2.22. The lowest BCUT2D eigenvalue weighted by molar-refractivity contribution is -0.159. The highest BCUT2D eigenvalue weighted by molar-refractivity contribution is 5.81. The zero-order valence-corrected chi connectivity index (χ0v) is 9.78. The van der Waals surface area contributed by atoms with Crippen LogP contribution in [-0.2, 0) is 14.3 Å². The number of esters is 1. The third kappa shape index (κ3) is 3.51. The van der Waals surface area contributed by atoms with Crippen molar-refractivity contribution in [2.45, 2.75) is 45.4 Å². The summed E-state index contributed by atoms with van der Waals surface area (Å²) in [4.78, 5) is 22.7. The van der Waals surface area contributed by atoms with Crippen molar-refractivity contribution < 1.29 is 19.4 Å². The number of carbonyl (C=O) groups excluding carboxylic acids is 1. The molecule has 1 aliphatic carbocycles. The van der Waals surface area contributed by atoms with E-state index in [1.165, 1.54) is 0 Å². The zero-order chi connectivity index (χ0) is 12.0. The summed E-state index contributed by atoms with van der Waals surface area (Å²) >= 11 is 0. The van der Waals surface area contributed by atoms with E-state index in [-0.39, 0.29) is 5.97 Å². The molecule has 0 aliphatic heterocycles. The zero-order valence-electron chi connectivity index (χ0n) is 9.78. The molecule has 0 radical (unpaired) electrons. The molecule has 1 saturated carbocycles. The SMILES string of the molecule is CCCCOC(=O)C1CCCCC1C(=O)O. The largest absolute Gasteiger partial charge is 0.481 e. The summed E-state index contributed by atoms with van der Waals surface area (Å²) in [5, 5.41) is 9.02. The van der Waals surface area contributed by atoms with Crippen molar-refractivity contribution in [2.75, 3.05) is 6.61 Å². The summed E-state index contributed by atoms with van der Waals surface area (Å²) in [6.45, 7) is 2.44. The molecule has 0 heterocycles. The van der Waals surface area contributed by atoms with Crippen molar-refractivity contribution in [1.29, 1.82) is 0 Å². The summed E-state index contributed by atoms with van der Waals surface area (Å²) in [6.07, 6.45) is 4.90. The Morgan fingerprint density at radius 1 is 1.25 bits per heavy atom. The molecule has 4 heteroatoms. The topological polar surface area (TPSA) is 63.6 Å². The Balaban J connectivity index is 2.47. The molecule has 0 aromatic heterocycles. The Morgan fingerprint density at radius 2 is 1.88 bits per heavy atom. The van der Waals surface area contributed by atoms with Crippen molar-refractivity contribution in [3.8, 4) is 0 Å². The molecule has 0 bridgehead atoms. The van der Waals surface area contributed by atoms with Crippen LogP contribution in [0.15, 0.2) is 0 Å². The van der Waals surface area contributed by atoms with Gasteiger partial charge >= 0.3 is 11.9 Å². The second-order valence-electron chi connectivity index (χ2n) is 4.36. The van der Waals surface area contributed by atoms with E-state index >= 15 is 0 Å². The van der Waals surface area contributed by atoms with Crippen LogP contribution in [0.4, 0.5) is 0 Å². The lowest BCUT2D eigenvalue weighted by Crippen LogP contribution is -2.33. The van der Waals surface area contributed by atoms with Crippen LogP contribution in [0.3, 0.4) is 0 Å². The Hall–Kier alpha value is -1.06. The molecular formula is C12H20O4. The van der Waals surface area contributed by atoms with Gasteiger partial charge in [-0.2, -0.15) is 0 Å². The molecule has 1 rings (SSSR count). The monoisotopic (exact) mass is 228 g/mol. The minimum absolute atomic E-state index is 0.319. The summed E-state index contributed by atoms with van der Waals surface area (Å²) in [5.41, 5.74) is 0. The fraction of sp³-hybridized carbons (Fsp3) is 0.833. The van der Waals surface area contributed by atoms with Gasteiger partial charge in [-0.15, -0.1) is 0 Å². The van der Waals surface area contributed by atoms with Crippen LogP contribution in [0.2, 0.25) is 0 Å². The average molecular weight is 228 g/mol. The Kier molecular flexibility index (Phi) is 5.29. The standard InChI is InChI=1S/C12H20O4/c1-2-3-8-16-12(15)10-7-5-4-6-9(10)11(13)14/h9-10H,2-8H2,1H3,(H,13,14). The summed E-state index contributed by atoms with van der Waals surface area (Å²) < 4.78 is 5.10. The minimum Gasteiger partial charge on any atom is -0.481 e. The Bertz CT molecular complexity index is 249. The maximum Gasteiger partial charge on any atom is 0.309 e. The van der Waals surface area contributed by atoms with Gasteiger partial charge < -0.3 is 9.84 Å². The fourth-order valence-corrected chi connectivity index (χ4v) is 2.13. The molecule has 0 amide bonds. The van der Waals surface area contributed by atoms with Crippen LogP contribution >= 0.6 is 0 Å². The first-order chi connectivity index (χ1) is 7.66. The molecule has 0 aromatic carbocycles. The van der Waals surface area contributed by atoms with Crippen LogP contribution in [0, 0.1) is 11.8 Å². The van der Waals surface area contributed by atoms with Gasteiger partial charge in [-0.3, -0.25) is 9.59 Å². The van der Waals surface area contributed by atoms with Gasteiger partial charge in [0, 0.05) is 0 Å². The number of hydrogen-bond donors (Lipinski definition) is 1. The van der Waals surface area contributed by atoms with Gasteiger partial charge in [0.2, 0.25) is 0 Å². The van der Waals surface area contributed by atoms with Crippen LogP contribution in [0.5, 0.6) is 0 Å². The molecule has 1 N–H and O–H groups in total. The first-order valence-electron chi connectivity index (χ1n) is 6.06. The summed E-state index contributed by atoms with van der Waals surface area (Å²) in [6, 6.07) is 0. The van der Waals surface area contributed by atoms with Gasteiger partial charge in [0.1, 0.15) is 0 Å². The number of carboxylic acids is 1.